The third-order valence-corrected chi connectivity index (χ3v) is 6.01. The van der Waals surface area contributed by atoms with Gasteiger partial charge in [0.05, 0.1) is 11.8 Å². The summed E-state index contributed by atoms with van der Waals surface area (Å²) in [7, 11) is 1.66. The Morgan fingerprint density at radius 2 is 1.82 bits per heavy atom. The maximum atomic E-state index is 13.2. The van der Waals surface area contributed by atoms with Crippen LogP contribution in [0.2, 0.25) is 0 Å². The van der Waals surface area contributed by atoms with Crippen LogP contribution in [0.5, 0.6) is 0 Å². The summed E-state index contributed by atoms with van der Waals surface area (Å²) in [5, 5.41) is 6.31. The summed E-state index contributed by atoms with van der Waals surface area (Å²) < 4.78 is 13.2. The van der Waals surface area contributed by atoms with Gasteiger partial charge in [0.15, 0.2) is 5.96 Å². The first-order valence-electron chi connectivity index (χ1n) is 9.81. The minimum atomic E-state index is -0.242. The molecule has 148 valence electrons. The first kappa shape index (κ1) is 18.7. The fraction of sp³-hybridized carbons (Fsp3) is 0.476. The van der Waals surface area contributed by atoms with Crippen LogP contribution in [0.25, 0.3) is 0 Å². The number of amides is 2. The number of benzene rings is 1. The molecule has 2 bridgehead atoms. The Morgan fingerprint density at radius 1 is 1.14 bits per heavy atom. The second-order valence-electron chi connectivity index (χ2n) is 7.63. The highest BCUT2D eigenvalue weighted by Gasteiger charge is 2.58. The molecule has 4 rings (SSSR count). The lowest BCUT2D eigenvalue weighted by atomic mass is 9.85. The van der Waals surface area contributed by atoms with Crippen molar-refractivity contribution in [2.75, 3.05) is 26.7 Å². The molecular formula is C21H25FN4O2. The molecule has 7 heteroatoms. The topological polar surface area (TPSA) is 73.8 Å². The van der Waals surface area contributed by atoms with Gasteiger partial charge in [-0.05, 0) is 42.4 Å². The maximum absolute atomic E-state index is 13.2. The zero-order valence-electron chi connectivity index (χ0n) is 15.9. The highest BCUT2D eigenvalue weighted by Crippen LogP contribution is 2.52. The molecule has 28 heavy (non-hydrogen) atoms. The highest BCUT2D eigenvalue weighted by molar-refractivity contribution is 6.06. The number of guanidine groups is 1. The standard InChI is InChI=1S/C21H25FN4O2/c1-23-21(24-8-7-13-3-2-4-16(22)11-13)25-9-10-26-19(27)17-14-5-6-15(12-14)18(17)20(26)28/h2-6,11,14-15,17-18H,7-10,12H2,1H3,(H2,23,24,25). The molecule has 1 aromatic carbocycles. The summed E-state index contributed by atoms with van der Waals surface area (Å²) in [5.74, 6) is 0.483. The second-order valence-corrected chi connectivity index (χ2v) is 7.63. The van der Waals surface area contributed by atoms with E-state index in [0.29, 0.717) is 32.0 Å². The number of carbonyl (C=O) groups is 2. The van der Waals surface area contributed by atoms with Crippen LogP contribution in [0, 0.1) is 29.5 Å². The van der Waals surface area contributed by atoms with E-state index in [0.717, 1.165) is 12.0 Å². The molecule has 2 fully saturated rings. The molecule has 1 aliphatic heterocycles. The van der Waals surface area contributed by atoms with Crippen molar-refractivity contribution in [2.45, 2.75) is 12.8 Å². The van der Waals surface area contributed by atoms with Crippen molar-refractivity contribution < 1.29 is 14.0 Å². The number of nitrogens with zero attached hydrogens (tertiary/aromatic N) is 2. The second kappa shape index (κ2) is 7.73. The number of imide groups is 1. The van der Waals surface area contributed by atoms with Gasteiger partial charge in [-0.15, -0.1) is 0 Å². The first-order chi connectivity index (χ1) is 13.6. The molecule has 1 aromatic rings. The molecule has 4 atom stereocenters. The number of allylic oxidation sites excluding steroid dienone is 2. The van der Waals surface area contributed by atoms with Crippen LogP contribution in [0.15, 0.2) is 41.4 Å². The van der Waals surface area contributed by atoms with Crippen molar-refractivity contribution >= 4 is 17.8 Å². The average molecular weight is 384 g/mol. The largest absolute Gasteiger partial charge is 0.356 e. The van der Waals surface area contributed by atoms with Crippen LogP contribution in [-0.2, 0) is 16.0 Å². The van der Waals surface area contributed by atoms with Gasteiger partial charge in [-0.25, -0.2) is 4.39 Å². The Kier molecular flexibility index (Phi) is 5.15. The monoisotopic (exact) mass is 384 g/mol. The van der Waals surface area contributed by atoms with E-state index in [1.165, 1.54) is 17.0 Å². The van der Waals surface area contributed by atoms with E-state index >= 15 is 0 Å². The summed E-state index contributed by atoms with van der Waals surface area (Å²) >= 11 is 0. The summed E-state index contributed by atoms with van der Waals surface area (Å²) in [6.07, 6.45) is 5.81. The average Bonchev–Trinajstić information content (AvgIpc) is 3.36. The normalized spacial score (nSPS) is 28.2. The lowest BCUT2D eigenvalue weighted by Crippen LogP contribution is -2.44. The number of hydrogen-bond acceptors (Lipinski definition) is 3. The first-order valence-corrected chi connectivity index (χ1v) is 9.81. The third kappa shape index (κ3) is 3.41. The molecule has 1 saturated carbocycles. The number of likely N-dealkylation sites (tertiary alicyclic amines) is 1. The fourth-order valence-corrected chi connectivity index (χ4v) is 4.71. The van der Waals surface area contributed by atoms with Crippen LogP contribution in [0.4, 0.5) is 4.39 Å². The molecule has 0 spiro atoms. The SMILES string of the molecule is CN=C(NCCc1cccc(F)c1)NCCN1C(=O)C2C3C=CC(C3)C2C1=O. The minimum absolute atomic E-state index is 0.0253. The zero-order valence-corrected chi connectivity index (χ0v) is 15.9. The van der Waals surface area contributed by atoms with E-state index in [-0.39, 0.29) is 41.3 Å². The molecule has 1 saturated heterocycles. The van der Waals surface area contributed by atoms with Crippen molar-refractivity contribution in [3.05, 3.63) is 47.8 Å². The van der Waals surface area contributed by atoms with Crippen LogP contribution < -0.4 is 10.6 Å². The quantitative estimate of drug-likeness (QED) is 0.336. The van der Waals surface area contributed by atoms with Gasteiger partial charge < -0.3 is 10.6 Å². The van der Waals surface area contributed by atoms with E-state index in [1.807, 2.05) is 6.07 Å². The maximum Gasteiger partial charge on any atom is 0.233 e. The van der Waals surface area contributed by atoms with Crippen LogP contribution in [0.1, 0.15) is 12.0 Å². The predicted molar refractivity (Wildman–Crippen MR) is 104 cm³/mol. The van der Waals surface area contributed by atoms with Gasteiger partial charge in [-0.3, -0.25) is 19.5 Å². The number of nitrogens with one attached hydrogen (secondary N) is 2. The third-order valence-electron chi connectivity index (χ3n) is 6.01. The molecule has 3 aliphatic rings. The van der Waals surface area contributed by atoms with E-state index in [9.17, 15) is 14.0 Å². The van der Waals surface area contributed by atoms with E-state index in [2.05, 4.69) is 27.8 Å². The van der Waals surface area contributed by atoms with Crippen molar-refractivity contribution in [3.8, 4) is 0 Å². The molecular weight excluding hydrogens is 359 g/mol. The Labute approximate surface area is 163 Å². The smallest absolute Gasteiger partial charge is 0.233 e. The van der Waals surface area contributed by atoms with E-state index < -0.39 is 0 Å². The fourth-order valence-electron chi connectivity index (χ4n) is 4.71. The van der Waals surface area contributed by atoms with Gasteiger partial charge in [0.25, 0.3) is 0 Å². The van der Waals surface area contributed by atoms with Crippen molar-refractivity contribution in [3.63, 3.8) is 0 Å². The summed E-state index contributed by atoms with van der Waals surface area (Å²) in [6.45, 7) is 1.39. The molecule has 0 radical (unpaired) electrons. The van der Waals surface area contributed by atoms with E-state index in [1.54, 1.807) is 13.1 Å². The van der Waals surface area contributed by atoms with E-state index in [4.69, 9.17) is 0 Å². The molecule has 4 unspecified atom stereocenters. The molecule has 2 amide bonds. The van der Waals surface area contributed by atoms with Crippen molar-refractivity contribution in [1.29, 1.82) is 0 Å². The minimum Gasteiger partial charge on any atom is -0.356 e. The van der Waals surface area contributed by atoms with Gasteiger partial charge in [-0.1, -0.05) is 24.3 Å². The number of aliphatic imine (C=N–C) groups is 1. The Morgan fingerprint density at radius 3 is 2.46 bits per heavy atom. The molecule has 1 heterocycles. The van der Waals surface area contributed by atoms with Gasteiger partial charge in [0.1, 0.15) is 5.82 Å². The number of hydrogen-bond donors (Lipinski definition) is 2. The predicted octanol–water partition coefficient (Wildman–Crippen LogP) is 1.34. The van der Waals surface area contributed by atoms with Crippen molar-refractivity contribution in [1.82, 2.24) is 15.5 Å². The molecule has 0 aromatic heterocycles. The molecule has 2 aliphatic carbocycles. The number of fused-ring (bicyclic) bond motifs is 5. The summed E-state index contributed by atoms with van der Waals surface area (Å²) in [4.78, 5) is 30.9. The lowest BCUT2D eigenvalue weighted by Gasteiger charge is -2.18. The lowest BCUT2D eigenvalue weighted by molar-refractivity contribution is -0.140. The Hall–Kier alpha value is -2.70. The zero-order chi connectivity index (χ0) is 19.7. The number of rotatable bonds is 6. The Balaban J connectivity index is 1.23. The van der Waals surface area contributed by atoms with Crippen LogP contribution in [0.3, 0.4) is 0 Å². The van der Waals surface area contributed by atoms with Crippen LogP contribution in [-0.4, -0.2) is 49.4 Å². The molecule has 2 N–H and O–H groups in total. The van der Waals surface area contributed by atoms with Gasteiger partial charge in [-0.2, -0.15) is 0 Å². The number of carbonyl (C=O) groups excluding carboxylic acids is 2. The number of halogens is 1. The Bertz CT molecular complexity index is 807. The highest BCUT2D eigenvalue weighted by atomic mass is 19.1. The van der Waals surface area contributed by atoms with Crippen LogP contribution >= 0.6 is 0 Å². The summed E-state index contributed by atoms with van der Waals surface area (Å²) in [5.41, 5.74) is 0.908. The van der Waals surface area contributed by atoms with Gasteiger partial charge >= 0.3 is 0 Å². The van der Waals surface area contributed by atoms with Gasteiger partial charge in [0.2, 0.25) is 11.8 Å². The van der Waals surface area contributed by atoms with Gasteiger partial charge in [0, 0.05) is 26.7 Å². The summed E-state index contributed by atoms with van der Waals surface area (Å²) in [6, 6.07) is 6.51. The molecule has 6 nitrogen and oxygen atoms in total. The van der Waals surface area contributed by atoms with Crippen molar-refractivity contribution in [2.24, 2.45) is 28.7 Å².